The summed E-state index contributed by atoms with van der Waals surface area (Å²) in [7, 11) is -1.47. The first kappa shape index (κ1) is 29.5. The predicted molar refractivity (Wildman–Crippen MR) is 153 cm³/mol. The number of anilines is 1. The van der Waals surface area contributed by atoms with Crippen LogP contribution in [0.25, 0.3) is 5.69 Å². The number of nitrogens with one attached hydrogen (secondary N) is 1. The van der Waals surface area contributed by atoms with Gasteiger partial charge in [-0.3, -0.25) is 9.69 Å². The van der Waals surface area contributed by atoms with Crippen LogP contribution in [0.5, 0.6) is 0 Å². The molecule has 1 atom stereocenters. The Labute approximate surface area is 241 Å². The molecule has 0 spiro atoms. The highest BCUT2D eigenvalue weighted by Crippen LogP contribution is 2.38. The van der Waals surface area contributed by atoms with Crippen molar-refractivity contribution in [3.63, 3.8) is 0 Å². The van der Waals surface area contributed by atoms with Crippen molar-refractivity contribution in [3.8, 4) is 5.69 Å². The topological polar surface area (TPSA) is 110 Å². The quantitative estimate of drug-likeness (QED) is 0.275. The van der Waals surface area contributed by atoms with Gasteiger partial charge in [0.1, 0.15) is 5.69 Å². The van der Waals surface area contributed by atoms with E-state index in [0.717, 1.165) is 34.9 Å². The summed E-state index contributed by atoms with van der Waals surface area (Å²) in [6, 6.07) is 20.9. The van der Waals surface area contributed by atoms with Crippen LogP contribution in [0, 0.1) is 0 Å². The van der Waals surface area contributed by atoms with E-state index >= 15 is 0 Å². The molecule has 0 saturated heterocycles. The summed E-state index contributed by atoms with van der Waals surface area (Å²) in [5.41, 5.74) is 7.06. The van der Waals surface area contributed by atoms with Crippen molar-refractivity contribution in [2.24, 2.45) is 5.73 Å². The molecule has 8 nitrogen and oxygen atoms in total. The van der Waals surface area contributed by atoms with Gasteiger partial charge in [-0.1, -0.05) is 36.4 Å². The highest BCUT2D eigenvalue weighted by molar-refractivity contribution is 7.90. The summed E-state index contributed by atoms with van der Waals surface area (Å²) in [6.07, 6.45) is -1.59. The second-order valence-corrected chi connectivity index (χ2v) is 12.4. The Bertz CT molecular complexity index is 1730. The minimum atomic E-state index is -4.76. The molecule has 42 heavy (non-hydrogen) atoms. The molecule has 4 aromatic rings. The molecule has 1 aromatic heterocycles. The van der Waals surface area contributed by atoms with Gasteiger partial charge in [0.05, 0.1) is 16.6 Å². The van der Waals surface area contributed by atoms with Gasteiger partial charge in [0.25, 0.3) is 5.91 Å². The fraction of sp³-hybridized carbons (Fsp3) is 0.267. The number of hydrogen-bond donors (Lipinski definition) is 2. The number of aromatic nitrogens is 2. The van der Waals surface area contributed by atoms with Crippen LogP contribution in [0.2, 0.25) is 0 Å². The average molecular weight is 598 g/mol. The summed E-state index contributed by atoms with van der Waals surface area (Å²) in [4.78, 5) is 15.8. The Morgan fingerprint density at radius 3 is 2.36 bits per heavy atom. The first-order chi connectivity index (χ1) is 19.8. The molecule has 3 aromatic carbocycles. The van der Waals surface area contributed by atoms with Crippen molar-refractivity contribution < 1.29 is 26.4 Å². The molecule has 1 aliphatic rings. The van der Waals surface area contributed by atoms with E-state index in [1.54, 1.807) is 60.7 Å². The van der Waals surface area contributed by atoms with E-state index in [0.29, 0.717) is 23.4 Å². The Morgan fingerprint density at radius 1 is 1.05 bits per heavy atom. The molecular weight excluding hydrogens is 567 g/mol. The van der Waals surface area contributed by atoms with Crippen molar-refractivity contribution >= 4 is 21.4 Å². The van der Waals surface area contributed by atoms with Gasteiger partial charge in [0.2, 0.25) is 0 Å². The largest absolute Gasteiger partial charge is 0.435 e. The van der Waals surface area contributed by atoms with E-state index in [4.69, 9.17) is 5.73 Å². The summed E-state index contributed by atoms with van der Waals surface area (Å²) in [5.74, 6) is -0.778. The zero-order valence-electron chi connectivity index (χ0n) is 23.0. The maximum Gasteiger partial charge on any atom is 0.435 e. The molecule has 1 unspecified atom stereocenters. The van der Waals surface area contributed by atoms with Gasteiger partial charge in [-0.05, 0) is 73.0 Å². The summed E-state index contributed by atoms with van der Waals surface area (Å²) in [6.45, 7) is 0.166. The molecule has 1 aliphatic carbocycles. The van der Waals surface area contributed by atoms with Crippen LogP contribution in [0.4, 0.5) is 18.9 Å². The SMILES string of the molecule is CN(C1CC1)C(c1cccc(NC(=O)c2cc(C(F)(F)F)nn2-c2cccc(CN)c2)c1)c1cccc(S(C)(=O)=O)c1. The van der Waals surface area contributed by atoms with Crippen molar-refractivity contribution in [1.82, 2.24) is 14.7 Å². The molecule has 3 N–H and O–H groups in total. The molecule has 1 saturated carbocycles. The third-order valence-electron chi connectivity index (χ3n) is 7.22. The lowest BCUT2D eigenvalue weighted by molar-refractivity contribution is -0.141. The first-order valence-electron chi connectivity index (χ1n) is 13.2. The van der Waals surface area contributed by atoms with Gasteiger partial charge >= 0.3 is 6.18 Å². The van der Waals surface area contributed by atoms with Gasteiger partial charge in [-0.15, -0.1) is 0 Å². The van der Waals surface area contributed by atoms with E-state index in [9.17, 15) is 26.4 Å². The lowest BCUT2D eigenvalue weighted by atomic mass is 9.96. The van der Waals surface area contributed by atoms with Crippen LogP contribution in [-0.2, 0) is 22.6 Å². The van der Waals surface area contributed by atoms with Gasteiger partial charge in [-0.2, -0.15) is 18.3 Å². The molecule has 1 fully saturated rings. The monoisotopic (exact) mass is 597 g/mol. The normalized spacial score (nSPS) is 14.6. The lowest BCUT2D eigenvalue weighted by Gasteiger charge is -2.29. The maximum atomic E-state index is 13.6. The van der Waals surface area contributed by atoms with Crippen LogP contribution < -0.4 is 11.1 Å². The molecule has 0 bridgehead atoms. The zero-order valence-corrected chi connectivity index (χ0v) is 23.8. The minimum absolute atomic E-state index is 0.166. The van der Waals surface area contributed by atoms with Crippen LogP contribution >= 0.6 is 0 Å². The minimum Gasteiger partial charge on any atom is -0.326 e. The number of amides is 1. The molecule has 1 amide bonds. The molecule has 0 radical (unpaired) electrons. The number of benzene rings is 3. The number of carbonyl (C=O) groups excluding carboxylic acids is 1. The maximum absolute atomic E-state index is 13.6. The van der Waals surface area contributed by atoms with E-state index in [1.807, 2.05) is 19.2 Å². The Morgan fingerprint density at radius 2 is 1.71 bits per heavy atom. The van der Waals surface area contributed by atoms with Crippen molar-refractivity contribution in [2.75, 3.05) is 18.6 Å². The molecule has 1 heterocycles. The van der Waals surface area contributed by atoms with Crippen molar-refractivity contribution in [1.29, 1.82) is 0 Å². The number of halogens is 3. The Hall–Kier alpha value is -4.00. The summed E-state index contributed by atoms with van der Waals surface area (Å²) < 4.78 is 66.3. The molecule has 12 heteroatoms. The van der Waals surface area contributed by atoms with Crippen LogP contribution in [0.15, 0.2) is 83.8 Å². The number of nitrogens with zero attached hydrogens (tertiary/aromatic N) is 3. The van der Waals surface area contributed by atoms with Crippen LogP contribution in [0.3, 0.4) is 0 Å². The second-order valence-electron chi connectivity index (χ2n) is 10.4. The molecule has 0 aliphatic heterocycles. The number of rotatable bonds is 9. The first-order valence-corrected chi connectivity index (χ1v) is 15.1. The predicted octanol–water partition coefficient (Wildman–Crippen LogP) is 5.19. The number of nitrogens with two attached hydrogens (primary N) is 1. The third kappa shape index (κ3) is 6.40. The van der Waals surface area contributed by atoms with Crippen molar-refractivity contribution in [3.05, 3.63) is 107 Å². The van der Waals surface area contributed by atoms with Gasteiger partial charge in [-0.25, -0.2) is 13.1 Å². The van der Waals surface area contributed by atoms with E-state index in [-0.39, 0.29) is 28.9 Å². The van der Waals surface area contributed by atoms with Crippen LogP contribution in [-0.4, -0.2) is 48.4 Å². The second kappa shape index (κ2) is 11.3. The highest BCUT2D eigenvalue weighted by atomic mass is 32.2. The van der Waals surface area contributed by atoms with Gasteiger partial charge in [0.15, 0.2) is 15.5 Å². The summed E-state index contributed by atoms with van der Waals surface area (Å²) in [5, 5.41) is 6.41. The number of sulfone groups is 1. The standard InChI is InChI=1S/C30H30F3N5O3S/c1-37(23-12-13-23)28(21-8-5-11-25(16-21)42(2,40)41)20-7-4-9-22(15-20)35-29(39)26-17-27(30(31,32)33)36-38(26)24-10-3-6-19(14-24)18-34/h3-11,14-17,23,28H,12-13,18,34H2,1-2H3,(H,35,39). The number of hydrogen-bond acceptors (Lipinski definition) is 6. The smallest absolute Gasteiger partial charge is 0.326 e. The lowest BCUT2D eigenvalue weighted by Crippen LogP contribution is -2.28. The van der Waals surface area contributed by atoms with Gasteiger partial charge < -0.3 is 11.1 Å². The Balaban J connectivity index is 1.50. The molecule has 5 rings (SSSR count). The van der Waals surface area contributed by atoms with E-state index < -0.39 is 27.6 Å². The fourth-order valence-corrected chi connectivity index (χ4v) is 5.62. The third-order valence-corrected chi connectivity index (χ3v) is 8.33. The van der Waals surface area contributed by atoms with E-state index in [1.165, 1.54) is 0 Å². The zero-order chi connectivity index (χ0) is 30.2. The van der Waals surface area contributed by atoms with Gasteiger partial charge in [0, 0.05) is 30.6 Å². The number of alkyl halides is 3. The number of carbonyl (C=O) groups is 1. The molecule has 220 valence electrons. The molecular formula is C30H30F3N5O3S. The average Bonchev–Trinajstić information content (AvgIpc) is 3.69. The Kier molecular flexibility index (Phi) is 7.97. The summed E-state index contributed by atoms with van der Waals surface area (Å²) >= 11 is 0. The fourth-order valence-electron chi connectivity index (χ4n) is 4.95. The van der Waals surface area contributed by atoms with E-state index in [2.05, 4.69) is 15.3 Å². The van der Waals surface area contributed by atoms with Crippen LogP contribution in [0.1, 0.15) is 51.8 Å². The van der Waals surface area contributed by atoms with Crippen molar-refractivity contribution in [2.45, 2.75) is 42.5 Å². The highest BCUT2D eigenvalue weighted by Gasteiger charge is 2.36.